The fourth-order valence-corrected chi connectivity index (χ4v) is 13.3. The molecule has 0 saturated heterocycles. The summed E-state index contributed by atoms with van der Waals surface area (Å²) in [7, 11) is 0. The van der Waals surface area contributed by atoms with Gasteiger partial charge in [-0.3, -0.25) is 0 Å². The van der Waals surface area contributed by atoms with Gasteiger partial charge in [-0.15, -0.1) is 0 Å². The molecule has 0 amide bonds. The van der Waals surface area contributed by atoms with Gasteiger partial charge in [0.25, 0.3) is 0 Å². The van der Waals surface area contributed by atoms with Crippen LogP contribution in [0.25, 0.3) is 22.3 Å². The van der Waals surface area contributed by atoms with Crippen LogP contribution in [0.4, 0.5) is 17.1 Å². The van der Waals surface area contributed by atoms with Crippen molar-refractivity contribution in [3.05, 3.63) is 278 Å². The Labute approximate surface area is 487 Å². The van der Waals surface area contributed by atoms with Crippen molar-refractivity contribution in [1.82, 2.24) is 0 Å². The van der Waals surface area contributed by atoms with Gasteiger partial charge in [0.05, 0.1) is 10.8 Å². The fourth-order valence-electron chi connectivity index (χ4n) is 13.3. The molecule has 1 nitrogen and oxygen atoms in total. The predicted molar refractivity (Wildman–Crippen MR) is 348 cm³/mol. The minimum absolute atomic E-state index is 0.00372. The normalized spacial score (nSPS) is 14.7. The minimum atomic E-state index is -0.630. The second kappa shape index (κ2) is 19.2. The third-order valence-electron chi connectivity index (χ3n) is 18.2. The summed E-state index contributed by atoms with van der Waals surface area (Å²) < 4.78 is 0. The van der Waals surface area contributed by atoms with Gasteiger partial charge >= 0.3 is 0 Å². The summed E-state index contributed by atoms with van der Waals surface area (Å²) in [6.45, 7) is 41.9. The van der Waals surface area contributed by atoms with E-state index in [2.05, 4.69) is 330 Å². The van der Waals surface area contributed by atoms with Crippen molar-refractivity contribution in [3.8, 4) is 22.3 Å². The van der Waals surface area contributed by atoms with Gasteiger partial charge in [-0.2, -0.15) is 0 Å². The molecule has 2 aliphatic rings. The van der Waals surface area contributed by atoms with Crippen molar-refractivity contribution in [2.75, 3.05) is 4.90 Å². The van der Waals surface area contributed by atoms with Crippen LogP contribution < -0.4 is 4.90 Å². The highest BCUT2D eigenvalue weighted by molar-refractivity contribution is 5.92. The van der Waals surface area contributed by atoms with Gasteiger partial charge < -0.3 is 4.90 Å². The van der Waals surface area contributed by atoms with E-state index in [1.54, 1.807) is 0 Å². The first-order valence-corrected chi connectivity index (χ1v) is 29.8. The molecule has 2 aliphatic carbocycles. The summed E-state index contributed by atoms with van der Waals surface area (Å²) in [5.74, 6) is 0. The van der Waals surface area contributed by atoms with E-state index in [0.717, 1.165) is 17.1 Å². The Morgan fingerprint density at radius 1 is 0.222 bits per heavy atom. The van der Waals surface area contributed by atoms with Crippen LogP contribution in [0.1, 0.15) is 203 Å². The molecule has 0 aliphatic heterocycles. The number of benzene rings is 9. The molecule has 0 saturated carbocycles. The third kappa shape index (κ3) is 9.42. The van der Waals surface area contributed by atoms with E-state index in [-0.39, 0.29) is 32.5 Å². The lowest BCUT2D eigenvalue weighted by Crippen LogP contribution is -2.30. The molecular formula is C80H87N. The van der Waals surface area contributed by atoms with Crippen molar-refractivity contribution in [3.63, 3.8) is 0 Å². The highest BCUT2D eigenvalue weighted by atomic mass is 15.1. The fraction of sp³-hybridized carbons (Fsp3) is 0.325. The highest BCUT2D eigenvalue weighted by Crippen LogP contribution is 2.61. The number of rotatable bonds is 7. The molecule has 0 bridgehead atoms. The second-order valence-corrected chi connectivity index (χ2v) is 30.0. The average Bonchev–Trinajstić information content (AvgIpc) is 2.29. The van der Waals surface area contributed by atoms with Gasteiger partial charge in [-0.25, -0.2) is 0 Å². The van der Waals surface area contributed by atoms with Crippen LogP contribution in [-0.4, -0.2) is 0 Å². The van der Waals surface area contributed by atoms with Crippen LogP contribution in [0.5, 0.6) is 0 Å². The number of nitrogens with zero attached hydrogens (tertiary/aromatic N) is 1. The maximum atomic E-state index is 2.55. The summed E-state index contributed by atoms with van der Waals surface area (Å²) in [5.41, 5.74) is 25.5. The maximum absolute atomic E-state index is 2.55. The first-order chi connectivity index (χ1) is 37.9. The maximum Gasteiger partial charge on any atom is 0.0714 e. The van der Waals surface area contributed by atoms with Gasteiger partial charge in [0, 0.05) is 17.1 Å². The number of para-hydroxylation sites is 1. The smallest absolute Gasteiger partial charge is 0.0714 e. The van der Waals surface area contributed by atoms with E-state index in [4.69, 9.17) is 0 Å². The molecule has 0 unspecified atom stereocenters. The van der Waals surface area contributed by atoms with Crippen molar-refractivity contribution >= 4 is 17.1 Å². The Morgan fingerprint density at radius 2 is 0.457 bits per heavy atom. The van der Waals surface area contributed by atoms with Crippen molar-refractivity contribution in [1.29, 1.82) is 0 Å². The standard InChI is InChI=1S/C80H87N/c1-73(2,3)52-24-32-56(33-25-52)79(57-34-26-53(27-35-57)74(4,5)6)69-48-60(77(13,14)15)40-44-65(69)67-46-42-63(50-71(67)79)81(62-22-20-19-21-23-62)64-43-47-68-66-45-41-61(78(16,17)18)49-70(66)80(72(68)51-64,58-36-28-54(29-37-58)75(7,8)9)59-38-30-55(31-39-59)76(10,11)12/h19-51H,1-18H3. The Hall–Kier alpha value is -7.22. The quantitative estimate of drug-likeness (QED) is 0.154. The van der Waals surface area contributed by atoms with Crippen LogP contribution in [-0.2, 0) is 43.3 Å². The number of hydrogen-bond acceptors (Lipinski definition) is 1. The Kier molecular flexibility index (Phi) is 13.2. The molecule has 9 aromatic rings. The molecule has 0 atom stereocenters. The summed E-state index contributed by atoms with van der Waals surface area (Å²) in [4.78, 5) is 2.53. The van der Waals surface area contributed by atoms with Crippen molar-refractivity contribution in [2.24, 2.45) is 0 Å². The molecule has 412 valence electrons. The first kappa shape index (κ1) is 55.7. The zero-order chi connectivity index (χ0) is 58.0. The van der Waals surface area contributed by atoms with Gasteiger partial charge in [-0.05, 0) is 169 Å². The number of hydrogen-bond donors (Lipinski definition) is 0. The van der Waals surface area contributed by atoms with Crippen molar-refractivity contribution < 1.29 is 0 Å². The SMILES string of the molecule is CC(C)(C)c1ccc(C2(c3ccc(C(C)(C)C)cc3)c3cc(N(c4ccccc4)c4ccc5c(c4)C(c4ccc(C(C)(C)C)cc4)(c4ccc(C(C)(C)C)cc4)c4cc(C(C)(C)C)ccc4-5)ccc3-c3ccc(C(C)(C)C)cc32)cc1. The molecule has 9 aromatic carbocycles. The zero-order valence-electron chi connectivity index (χ0n) is 52.0. The number of anilines is 3. The van der Waals surface area contributed by atoms with Gasteiger partial charge in [0.1, 0.15) is 0 Å². The van der Waals surface area contributed by atoms with Crippen LogP contribution in [0.3, 0.4) is 0 Å². The monoisotopic (exact) mass is 1060 g/mol. The molecular weight excluding hydrogens is 975 g/mol. The molecule has 0 N–H and O–H groups in total. The molecule has 0 aromatic heterocycles. The average molecular weight is 1060 g/mol. The van der Waals surface area contributed by atoms with E-state index in [9.17, 15) is 0 Å². The molecule has 1 heteroatoms. The lowest BCUT2D eigenvalue weighted by Gasteiger charge is -2.37. The van der Waals surface area contributed by atoms with Crippen LogP contribution in [0, 0.1) is 0 Å². The zero-order valence-corrected chi connectivity index (χ0v) is 52.0. The van der Waals surface area contributed by atoms with Gasteiger partial charge in [-0.1, -0.05) is 288 Å². The van der Waals surface area contributed by atoms with E-state index in [1.165, 1.54) is 100 Å². The van der Waals surface area contributed by atoms with E-state index in [1.807, 2.05) is 0 Å². The predicted octanol–water partition coefficient (Wildman–Crippen LogP) is 21.7. The van der Waals surface area contributed by atoms with E-state index in [0.29, 0.717) is 0 Å². The lowest BCUT2D eigenvalue weighted by atomic mass is 9.66. The van der Waals surface area contributed by atoms with Gasteiger partial charge in [0.2, 0.25) is 0 Å². The third-order valence-corrected chi connectivity index (χ3v) is 18.2. The molecule has 0 spiro atoms. The van der Waals surface area contributed by atoms with E-state index < -0.39 is 10.8 Å². The Bertz CT molecular complexity index is 3450. The lowest BCUT2D eigenvalue weighted by molar-refractivity contribution is 0.585. The van der Waals surface area contributed by atoms with Crippen LogP contribution in [0.15, 0.2) is 200 Å². The second-order valence-electron chi connectivity index (χ2n) is 30.0. The van der Waals surface area contributed by atoms with Crippen LogP contribution >= 0.6 is 0 Å². The summed E-state index contributed by atoms with van der Waals surface area (Å²) in [5, 5.41) is 0. The Balaban J connectivity index is 1.21. The van der Waals surface area contributed by atoms with Crippen molar-refractivity contribution in [2.45, 2.75) is 168 Å². The van der Waals surface area contributed by atoms with Gasteiger partial charge in [0.15, 0.2) is 0 Å². The molecule has 0 radical (unpaired) electrons. The van der Waals surface area contributed by atoms with E-state index >= 15 is 0 Å². The largest absolute Gasteiger partial charge is 0.310 e. The molecule has 11 rings (SSSR count). The highest BCUT2D eigenvalue weighted by Gasteiger charge is 2.49. The minimum Gasteiger partial charge on any atom is -0.310 e. The first-order valence-electron chi connectivity index (χ1n) is 29.8. The topological polar surface area (TPSA) is 3.24 Å². The Morgan fingerprint density at radius 3 is 0.716 bits per heavy atom. The molecule has 81 heavy (non-hydrogen) atoms. The summed E-state index contributed by atoms with van der Waals surface area (Å²) >= 11 is 0. The summed E-state index contributed by atoms with van der Waals surface area (Å²) in [6, 6.07) is 79.1. The molecule has 0 heterocycles. The van der Waals surface area contributed by atoms with Crippen LogP contribution in [0.2, 0.25) is 0 Å². The summed E-state index contributed by atoms with van der Waals surface area (Å²) in [6.07, 6.45) is 0. The molecule has 0 fully saturated rings. The number of fused-ring (bicyclic) bond motifs is 6.